The van der Waals surface area contributed by atoms with Gasteiger partial charge in [0.2, 0.25) is 11.8 Å². The fourth-order valence-electron chi connectivity index (χ4n) is 4.57. The third-order valence-electron chi connectivity index (χ3n) is 5.86. The number of anilines is 1. The number of nitrogens with zero attached hydrogens (tertiary/aromatic N) is 1. The average molecular weight is 438 g/mol. The maximum Gasteiger partial charge on any atom is 0.343 e. The van der Waals surface area contributed by atoms with Gasteiger partial charge in [0, 0.05) is 4.47 Å². The summed E-state index contributed by atoms with van der Waals surface area (Å²) in [7, 11) is 0. The van der Waals surface area contributed by atoms with Crippen LogP contribution >= 0.6 is 15.9 Å². The zero-order valence-corrected chi connectivity index (χ0v) is 16.3. The van der Waals surface area contributed by atoms with Crippen LogP contribution in [0.3, 0.4) is 0 Å². The van der Waals surface area contributed by atoms with E-state index in [9.17, 15) is 14.4 Å². The fourth-order valence-corrected chi connectivity index (χ4v) is 4.84. The van der Waals surface area contributed by atoms with Gasteiger partial charge in [0.25, 0.3) is 0 Å². The van der Waals surface area contributed by atoms with Crippen molar-refractivity contribution >= 4 is 39.4 Å². The van der Waals surface area contributed by atoms with Crippen LogP contribution in [0.15, 0.2) is 65.2 Å². The number of imide groups is 1. The molecule has 2 aromatic rings. The zero-order valence-electron chi connectivity index (χ0n) is 14.7. The molecular formula is C22H16BrNO4. The van der Waals surface area contributed by atoms with E-state index in [1.54, 1.807) is 48.5 Å². The van der Waals surface area contributed by atoms with Gasteiger partial charge in [0.1, 0.15) is 5.75 Å². The number of halogens is 1. The van der Waals surface area contributed by atoms with Crippen molar-refractivity contribution in [3.8, 4) is 5.75 Å². The van der Waals surface area contributed by atoms with Crippen LogP contribution in [-0.2, 0) is 9.59 Å². The molecule has 2 aliphatic carbocycles. The second kappa shape index (κ2) is 6.41. The van der Waals surface area contributed by atoms with Crippen molar-refractivity contribution in [3.63, 3.8) is 0 Å². The molecule has 4 atom stereocenters. The lowest BCUT2D eigenvalue weighted by Gasteiger charge is -2.17. The second-order valence-corrected chi connectivity index (χ2v) is 8.32. The molecule has 0 unspecified atom stereocenters. The first kappa shape index (κ1) is 17.4. The van der Waals surface area contributed by atoms with E-state index >= 15 is 0 Å². The maximum atomic E-state index is 12.9. The SMILES string of the molecule is O=C(Oc1ccc(Br)cc1)c1ccc(N2C(=O)[C@@H]3[C@H](C2=O)[C@H]2C=C[C@H]3C2)cc1. The Hall–Kier alpha value is -2.73. The van der Waals surface area contributed by atoms with Crippen molar-refractivity contribution in [1.29, 1.82) is 0 Å². The third kappa shape index (κ3) is 2.63. The largest absolute Gasteiger partial charge is 0.423 e. The quantitative estimate of drug-likeness (QED) is 0.315. The Bertz CT molecular complexity index is 982. The molecule has 1 saturated heterocycles. The number of fused-ring (bicyclic) bond motifs is 5. The first-order valence-electron chi connectivity index (χ1n) is 9.17. The van der Waals surface area contributed by atoms with Crippen LogP contribution in [0.4, 0.5) is 5.69 Å². The second-order valence-electron chi connectivity index (χ2n) is 7.40. The van der Waals surface area contributed by atoms with Crippen molar-refractivity contribution in [2.24, 2.45) is 23.7 Å². The summed E-state index contributed by atoms with van der Waals surface area (Å²) in [6.45, 7) is 0. The molecule has 1 aliphatic heterocycles. The van der Waals surface area contributed by atoms with Crippen LogP contribution in [0.25, 0.3) is 0 Å². The molecule has 2 fully saturated rings. The van der Waals surface area contributed by atoms with Gasteiger partial charge in [-0.05, 0) is 66.8 Å². The lowest BCUT2D eigenvalue weighted by Crippen LogP contribution is -2.32. The van der Waals surface area contributed by atoms with E-state index < -0.39 is 5.97 Å². The number of amides is 2. The first-order valence-corrected chi connectivity index (χ1v) is 9.96. The number of allylic oxidation sites excluding steroid dienone is 2. The van der Waals surface area contributed by atoms with Crippen LogP contribution in [0, 0.1) is 23.7 Å². The van der Waals surface area contributed by atoms with Crippen LogP contribution in [0.5, 0.6) is 5.75 Å². The lowest BCUT2D eigenvalue weighted by molar-refractivity contribution is -0.123. The van der Waals surface area contributed by atoms with Crippen molar-refractivity contribution in [2.45, 2.75) is 6.42 Å². The molecule has 2 amide bonds. The van der Waals surface area contributed by atoms with Gasteiger partial charge >= 0.3 is 5.97 Å². The Kier molecular flexibility index (Phi) is 3.98. The predicted octanol–water partition coefficient (Wildman–Crippen LogP) is 3.98. The predicted molar refractivity (Wildman–Crippen MR) is 106 cm³/mol. The molecule has 140 valence electrons. The van der Waals surface area contributed by atoms with Gasteiger partial charge in [-0.25, -0.2) is 4.79 Å². The number of ether oxygens (including phenoxy) is 1. The highest BCUT2D eigenvalue weighted by molar-refractivity contribution is 9.10. The highest BCUT2D eigenvalue weighted by Crippen LogP contribution is 2.53. The summed E-state index contributed by atoms with van der Waals surface area (Å²) in [6, 6.07) is 13.4. The molecule has 28 heavy (non-hydrogen) atoms. The van der Waals surface area contributed by atoms with Crippen LogP contribution < -0.4 is 9.64 Å². The van der Waals surface area contributed by atoms with E-state index in [4.69, 9.17) is 4.74 Å². The summed E-state index contributed by atoms with van der Waals surface area (Å²) >= 11 is 3.33. The Labute approximate surface area is 170 Å². The molecule has 0 aromatic heterocycles. The zero-order chi connectivity index (χ0) is 19.4. The Morgan fingerprint density at radius 1 is 0.893 bits per heavy atom. The van der Waals surface area contributed by atoms with Crippen molar-refractivity contribution in [3.05, 3.63) is 70.7 Å². The van der Waals surface area contributed by atoms with Gasteiger partial charge in [-0.15, -0.1) is 0 Å². The van der Waals surface area contributed by atoms with E-state index in [-0.39, 0.29) is 35.5 Å². The fraction of sp³-hybridized carbons (Fsp3) is 0.227. The summed E-state index contributed by atoms with van der Waals surface area (Å²) < 4.78 is 6.24. The van der Waals surface area contributed by atoms with Crippen LogP contribution in [0.1, 0.15) is 16.8 Å². The summed E-state index contributed by atoms with van der Waals surface area (Å²) in [4.78, 5) is 39.3. The van der Waals surface area contributed by atoms with Crippen molar-refractivity contribution in [1.82, 2.24) is 0 Å². The summed E-state index contributed by atoms with van der Waals surface area (Å²) in [6.07, 6.45) is 5.05. The maximum absolute atomic E-state index is 12.9. The molecule has 3 aliphatic rings. The number of esters is 1. The van der Waals surface area contributed by atoms with Gasteiger partial charge < -0.3 is 4.74 Å². The van der Waals surface area contributed by atoms with Gasteiger partial charge in [0.15, 0.2) is 0 Å². The summed E-state index contributed by atoms with van der Waals surface area (Å²) in [5.41, 5.74) is 0.858. The summed E-state index contributed by atoms with van der Waals surface area (Å²) in [5, 5.41) is 0. The standard InChI is InChI=1S/C22H16BrNO4/c23-15-5-9-17(10-6-15)28-22(27)12-3-7-16(8-4-12)24-20(25)18-13-1-2-14(11-13)19(18)21(24)26/h1-10,13-14,18-19H,11H2/t13-,14-,18-,19+/m0/s1. The number of hydrogen-bond acceptors (Lipinski definition) is 4. The van der Waals surface area contributed by atoms with E-state index in [0.717, 1.165) is 10.9 Å². The number of hydrogen-bond donors (Lipinski definition) is 0. The normalized spacial score (nSPS) is 27.4. The van der Waals surface area contributed by atoms with E-state index in [0.29, 0.717) is 17.0 Å². The molecule has 2 aromatic carbocycles. The topological polar surface area (TPSA) is 63.7 Å². The smallest absolute Gasteiger partial charge is 0.343 e. The third-order valence-corrected chi connectivity index (χ3v) is 6.38. The van der Waals surface area contributed by atoms with Crippen molar-refractivity contribution < 1.29 is 19.1 Å². The molecule has 1 heterocycles. The highest BCUT2D eigenvalue weighted by atomic mass is 79.9. The molecule has 1 saturated carbocycles. The van der Waals surface area contributed by atoms with E-state index in [1.807, 2.05) is 0 Å². The Balaban J connectivity index is 1.34. The minimum atomic E-state index is -0.493. The minimum absolute atomic E-state index is 0.128. The molecule has 0 radical (unpaired) electrons. The molecule has 6 heteroatoms. The minimum Gasteiger partial charge on any atom is -0.423 e. The first-order chi connectivity index (χ1) is 13.5. The van der Waals surface area contributed by atoms with E-state index in [1.165, 1.54) is 4.90 Å². The summed E-state index contributed by atoms with van der Waals surface area (Å²) in [5.74, 6) is -0.415. The molecule has 5 nitrogen and oxygen atoms in total. The molecule has 2 bridgehead atoms. The molecule has 0 N–H and O–H groups in total. The lowest BCUT2D eigenvalue weighted by atomic mass is 9.85. The average Bonchev–Trinajstić information content (AvgIpc) is 3.38. The molecule has 5 rings (SSSR count). The highest BCUT2D eigenvalue weighted by Gasteiger charge is 2.59. The van der Waals surface area contributed by atoms with Gasteiger partial charge in [0.05, 0.1) is 23.1 Å². The van der Waals surface area contributed by atoms with Crippen molar-refractivity contribution in [2.75, 3.05) is 4.90 Å². The monoisotopic (exact) mass is 437 g/mol. The Morgan fingerprint density at radius 3 is 2.04 bits per heavy atom. The van der Waals surface area contributed by atoms with Gasteiger partial charge in [-0.3, -0.25) is 14.5 Å². The van der Waals surface area contributed by atoms with Crippen LogP contribution in [0.2, 0.25) is 0 Å². The number of carbonyl (C=O) groups excluding carboxylic acids is 3. The van der Waals surface area contributed by atoms with Gasteiger partial charge in [-0.1, -0.05) is 28.1 Å². The Morgan fingerprint density at radius 2 is 1.46 bits per heavy atom. The number of benzene rings is 2. The molecule has 0 spiro atoms. The number of carbonyl (C=O) groups is 3. The van der Waals surface area contributed by atoms with Crippen LogP contribution in [-0.4, -0.2) is 17.8 Å². The van der Waals surface area contributed by atoms with Gasteiger partial charge in [-0.2, -0.15) is 0 Å². The number of rotatable bonds is 3. The molecular weight excluding hydrogens is 422 g/mol. The van der Waals surface area contributed by atoms with E-state index in [2.05, 4.69) is 28.1 Å².